The van der Waals surface area contributed by atoms with Gasteiger partial charge in [-0.05, 0) is 48.7 Å². The molecule has 1 saturated heterocycles. The van der Waals surface area contributed by atoms with E-state index < -0.39 is 0 Å². The van der Waals surface area contributed by atoms with Crippen molar-refractivity contribution in [2.24, 2.45) is 5.92 Å². The molecule has 3 aromatic rings. The summed E-state index contributed by atoms with van der Waals surface area (Å²) in [6.07, 6.45) is 4.46. The van der Waals surface area contributed by atoms with E-state index in [-0.39, 0.29) is 24.2 Å². The Balaban J connectivity index is 1.38. The minimum Gasteiger partial charge on any atom is -0.355 e. The first-order valence-electron chi connectivity index (χ1n) is 8.94. The summed E-state index contributed by atoms with van der Waals surface area (Å²) in [6, 6.07) is 9.91. The minimum absolute atomic E-state index is 0.0416. The number of hydrogen-bond donors (Lipinski definition) is 1. The van der Waals surface area contributed by atoms with Gasteiger partial charge in [-0.2, -0.15) is 0 Å². The van der Waals surface area contributed by atoms with E-state index in [4.69, 9.17) is 0 Å². The maximum absolute atomic E-state index is 12.5. The van der Waals surface area contributed by atoms with Crippen LogP contribution < -0.4 is 10.2 Å². The van der Waals surface area contributed by atoms with Gasteiger partial charge >= 0.3 is 0 Å². The van der Waals surface area contributed by atoms with Crippen LogP contribution in [-0.2, 0) is 16.0 Å². The number of carbonyl (C=O) groups excluding carboxylic acids is 2. The largest absolute Gasteiger partial charge is 0.355 e. The highest BCUT2D eigenvalue weighted by Crippen LogP contribution is 2.33. The Morgan fingerprint density at radius 2 is 2.11 bits per heavy atom. The number of nitrogens with zero attached hydrogens (tertiary/aromatic N) is 3. The van der Waals surface area contributed by atoms with Gasteiger partial charge in [0.25, 0.3) is 0 Å². The predicted molar refractivity (Wildman–Crippen MR) is 106 cm³/mol. The van der Waals surface area contributed by atoms with Gasteiger partial charge in [-0.15, -0.1) is 0 Å². The smallest absolute Gasteiger partial charge is 0.229 e. The van der Waals surface area contributed by atoms with Crippen LogP contribution in [-0.4, -0.2) is 34.9 Å². The van der Waals surface area contributed by atoms with Gasteiger partial charge in [0.05, 0.1) is 16.1 Å². The van der Waals surface area contributed by atoms with Gasteiger partial charge in [0.2, 0.25) is 11.8 Å². The van der Waals surface area contributed by atoms with E-state index in [1.807, 2.05) is 31.2 Å². The molecule has 0 bridgehead atoms. The second-order valence-electron chi connectivity index (χ2n) is 6.77. The lowest BCUT2D eigenvalue weighted by Crippen LogP contribution is -2.34. The molecule has 1 N–H and O–H groups in total. The van der Waals surface area contributed by atoms with Crippen molar-refractivity contribution in [1.82, 2.24) is 15.3 Å². The molecule has 3 heterocycles. The lowest BCUT2D eigenvalue weighted by Gasteiger charge is -2.13. The predicted octanol–water partition coefficient (Wildman–Crippen LogP) is 2.71. The third-order valence-electron chi connectivity index (χ3n) is 4.72. The monoisotopic (exact) mass is 380 g/mol. The Morgan fingerprint density at radius 3 is 2.93 bits per heavy atom. The van der Waals surface area contributed by atoms with E-state index >= 15 is 0 Å². The number of carbonyl (C=O) groups is 2. The van der Waals surface area contributed by atoms with Gasteiger partial charge in [-0.1, -0.05) is 17.4 Å². The van der Waals surface area contributed by atoms with E-state index in [9.17, 15) is 9.59 Å². The molecule has 0 spiro atoms. The van der Waals surface area contributed by atoms with Crippen LogP contribution in [0.5, 0.6) is 0 Å². The molecule has 27 heavy (non-hydrogen) atoms. The second kappa shape index (κ2) is 7.44. The number of amides is 2. The molecule has 1 atom stereocenters. The van der Waals surface area contributed by atoms with Crippen LogP contribution in [0.1, 0.15) is 17.5 Å². The van der Waals surface area contributed by atoms with Crippen molar-refractivity contribution < 1.29 is 9.59 Å². The van der Waals surface area contributed by atoms with Crippen LogP contribution >= 0.6 is 11.3 Å². The molecule has 2 amide bonds. The summed E-state index contributed by atoms with van der Waals surface area (Å²) in [5, 5.41) is 3.62. The summed E-state index contributed by atoms with van der Waals surface area (Å²) in [6.45, 7) is 2.97. The highest BCUT2D eigenvalue weighted by molar-refractivity contribution is 7.22. The number of hydrogen-bond acceptors (Lipinski definition) is 5. The molecular weight excluding hydrogens is 360 g/mol. The maximum atomic E-state index is 12.5. The first kappa shape index (κ1) is 17.6. The number of thiazole rings is 1. The topological polar surface area (TPSA) is 75.2 Å². The van der Waals surface area contributed by atoms with Crippen molar-refractivity contribution in [3.63, 3.8) is 0 Å². The summed E-state index contributed by atoms with van der Waals surface area (Å²) in [7, 11) is 0. The van der Waals surface area contributed by atoms with Gasteiger partial charge in [0.15, 0.2) is 5.13 Å². The third kappa shape index (κ3) is 3.83. The Hall–Kier alpha value is -2.80. The standard InChI is InChI=1S/C20H20N4O2S/c1-13-2-3-16-17(10-13)27-20(23-16)24-12-15(11-18(24)25)19(26)22-9-6-14-4-7-21-8-5-14/h2-5,7-8,10,15H,6,9,11-12H2,1H3,(H,22,26). The van der Waals surface area contributed by atoms with Crippen molar-refractivity contribution in [3.8, 4) is 0 Å². The number of rotatable bonds is 5. The SMILES string of the molecule is Cc1ccc2nc(N3CC(C(=O)NCCc4ccncc4)CC3=O)sc2c1. The van der Waals surface area contributed by atoms with Crippen molar-refractivity contribution in [1.29, 1.82) is 0 Å². The van der Waals surface area contributed by atoms with Gasteiger partial charge in [-0.3, -0.25) is 19.5 Å². The lowest BCUT2D eigenvalue weighted by atomic mass is 10.1. The molecule has 1 aliphatic heterocycles. The summed E-state index contributed by atoms with van der Waals surface area (Å²) >= 11 is 1.50. The van der Waals surface area contributed by atoms with E-state index in [2.05, 4.69) is 21.4 Å². The molecule has 0 aliphatic carbocycles. The van der Waals surface area contributed by atoms with Crippen LogP contribution in [0.3, 0.4) is 0 Å². The molecule has 0 radical (unpaired) electrons. The maximum Gasteiger partial charge on any atom is 0.229 e. The first-order valence-corrected chi connectivity index (χ1v) is 9.76. The number of nitrogens with one attached hydrogen (secondary N) is 1. The van der Waals surface area contributed by atoms with E-state index in [0.29, 0.717) is 18.2 Å². The van der Waals surface area contributed by atoms with E-state index in [1.54, 1.807) is 17.3 Å². The number of fused-ring (bicyclic) bond motifs is 1. The van der Waals surface area contributed by atoms with Gasteiger partial charge < -0.3 is 5.32 Å². The van der Waals surface area contributed by atoms with Crippen LogP contribution in [0, 0.1) is 12.8 Å². The molecule has 1 aliphatic rings. The van der Waals surface area contributed by atoms with Crippen LogP contribution in [0.25, 0.3) is 10.2 Å². The highest BCUT2D eigenvalue weighted by Gasteiger charge is 2.36. The molecule has 4 rings (SSSR count). The number of anilines is 1. The summed E-state index contributed by atoms with van der Waals surface area (Å²) in [5.41, 5.74) is 3.18. The van der Waals surface area contributed by atoms with E-state index in [0.717, 1.165) is 27.8 Å². The Kier molecular flexibility index (Phi) is 4.85. The summed E-state index contributed by atoms with van der Waals surface area (Å²) in [4.78, 5) is 35.1. The van der Waals surface area contributed by atoms with Crippen molar-refractivity contribution in [2.45, 2.75) is 19.8 Å². The molecule has 2 aromatic heterocycles. The quantitative estimate of drug-likeness (QED) is 0.738. The minimum atomic E-state index is -0.330. The summed E-state index contributed by atoms with van der Waals surface area (Å²) in [5.74, 6) is -0.444. The zero-order valence-electron chi connectivity index (χ0n) is 15.0. The van der Waals surface area contributed by atoms with E-state index in [1.165, 1.54) is 11.3 Å². The molecule has 0 saturated carbocycles. The van der Waals surface area contributed by atoms with Crippen molar-refractivity contribution >= 4 is 38.5 Å². The average molecular weight is 380 g/mol. The molecule has 1 fully saturated rings. The number of aryl methyl sites for hydroxylation is 1. The zero-order chi connectivity index (χ0) is 18.8. The fraction of sp³-hybridized carbons (Fsp3) is 0.300. The summed E-state index contributed by atoms with van der Waals surface area (Å²) < 4.78 is 1.06. The van der Waals surface area contributed by atoms with Gasteiger partial charge in [-0.25, -0.2) is 4.98 Å². The molecule has 1 aromatic carbocycles. The Bertz CT molecular complexity index is 986. The molecular formula is C20H20N4O2S. The number of aromatic nitrogens is 2. The fourth-order valence-electron chi connectivity index (χ4n) is 3.23. The fourth-order valence-corrected chi connectivity index (χ4v) is 4.32. The molecule has 138 valence electrons. The molecule has 7 heteroatoms. The average Bonchev–Trinajstić information content (AvgIpc) is 3.25. The van der Waals surface area contributed by atoms with Crippen molar-refractivity contribution in [2.75, 3.05) is 18.0 Å². The Labute approximate surface area is 161 Å². The van der Waals surface area contributed by atoms with Crippen LogP contribution in [0.4, 0.5) is 5.13 Å². The lowest BCUT2D eigenvalue weighted by molar-refractivity contribution is -0.126. The highest BCUT2D eigenvalue weighted by atomic mass is 32.1. The van der Waals surface area contributed by atoms with Crippen LogP contribution in [0.2, 0.25) is 0 Å². The van der Waals surface area contributed by atoms with Crippen molar-refractivity contribution in [3.05, 3.63) is 53.9 Å². The van der Waals surface area contributed by atoms with Crippen LogP contribution in [0.15, 0.2) is 42.7 Å². The number of pyridine rings is 1. The third-order valence-corrected chi connectivity index (χ3v) is 5.76. The second-order valence-corrected chi connectivity index (χ2v) is 7.78. The Morgan fingerprint density at radius 1 is 1.30 bits per heavy atom. The zero-order valence-corrected chi connectivity index (χ0v) is 15.8. The molecule has 6 nitrogen and oxygen atoms in total. The normalized spacial score (nSPS) is 16.9. The van der Waals surface area contributed by atoms with Gasteiger partial charge in [0.1, 0.15) is 0 Å². The first-order chi connectivity index (χ1) is 13.1. The number of benzene rings is 1. The molecule has 1 unspecified atom stereocenters. The van der Waals surface area contributed by atoms with Gasteiger partial charge in [0, 0.05) is 31.9 Å².